The van der Waals surface area contributed by atoms with Crippen LogP contribution < -0.4 is 15.4 Å². The van der Waals surface area contributed by atoms with Crippen molar-refractivity contribution < 1.29 is 37.1 Å². The van der Waals surface area contributed by atoms with Crippen LogP contribution in [0.15, 0.2) is 66.7 Å². The molecule has 1 fully saturated rings. The fraction of sp³-hybridized carbons (Fsp3) is 0.320. The maximum absolute atomic E-state index is 12.7. The zero-order valence-corrected chi connectivity index (χ0v) is 19.5. The van der Waals surface area contributed by atoms with Crippen molar-refractivity contribution in [2.45, 2.75) is 37.5 Å². The Kier molecular flexibility index (Phi) is 9.07. The van der Waals surface area contributed by atoms with Gasteiger partial charge in [-0.25, -0.2) is 4.79 Å². The molecular weight excluding hydrogens is 479 g/mol. The van der Waals surface area contributed by atoms with Gasteiger partial charge in [0.15, 0.2) is 0 Å². The molecule has 0 bridgehead atoms. The van der Waals surface area contributed by atoms with E-state index in [9.17, 15) is 27.6 Å². The lowest BCUT2D eigenvalue weighted by Crippen LogP contribution is -2.58. The molecule has 11 heteroatoms. The summed E-state index contributed by atoms with van der Waals surface area (Å²) < 4.78 is 42.5. The van der Waals surface area contributed by atoms with Crippen LogP contribution in [0.1, 0.15) is 18.4 Å². The third kappa shape index (κ3) is 7.84. The van der Waals surface area contributed by atoms with Crippen molar-refractivity contribution in [3.8, 4) is 5.75 Å². The summed E-state index contributed by atoms with van der Waals surface area (Å²) in [5.74, 6) is -2.77. The maximum atomic E-state index is 12.7. The van der Waals surface area contributed by atoms with E-state index in [-0.39, 0.29) is 13.0 Å². The van der Waals surface area contributed by atoms with Crippen molar-refractivity contribution in [2.24, 2.45) is 0 Å². The van der Waals surface area contributed by atoms with Gasteiger partial charge < -0.3 is 20.2 Å². The van der Waals surface area contributed by atoms with Crippen LogP contribution >= 0.6 is 0 Å². The fourth-order valence-electron chi connectivity index (χ4n) is 3.42. The summed E-state index contributed by atoms with van der Waals surface area (Å²) in [5.41, 5.74) is 1.56. The molecule has 2 aromatic carbocycles. The number of hydrogen-bond acceptors (Lipinski definition) is 6. The van der Waals surface area contributed by atoms with Crippen LogP contribution in [0.4, 0.5) is 18.9 Å². The molecule has 1 heterocycles. The van der Waals surface area contributed by atoms with Crippen molar-refractivity contribution in [3.63, 3.8) is 0 Å². The first-order chi connectivity index (χ1) is 17.2. The van der Waals surface area contributed by atoms with Gasteiger partial charge >= 0.3 is 12.1 Å². The molecule has 36 heavy (non-hydrogen) atoms. The number of benzene rings is 2. The van der Waals surface area contributed by atoms with E-state index in [2.05, 4.69) is 15.5 Å². The first-order valence-corrected chi connectivity index (χ1v) is 11.2. The number of amides is 2. The van der Waals surface area contributed by atoms with Gasteiger partial charge in [-0.3, -0.25) is 9.59 Å². The SMILES string of the molecule is COc1ccc(NC(=O)/C=C/[C@H](CCc2ccccc2)NC(=O)[C@@H]2CCN2OC(=O)C(F)(F)F)cc1. The van der Waals surface area contributed by atoms with Crippen LogP contribution in [0, 0.1) is 0 Å². The van der Waals surface area contributed by atoms with Crippen LogP contribution in [0.3, 0.4) is 0 Å². The molecule has 1 aliphatic heterocycles. The van der Waals surface area contributed by atoms with Gasteiger partial charge in [0.1, 0.15) is 11.8 Å². The number of hydroxylamine groups is 2. The number of alkyl halides is 3. The molecular formula is C25H26F3N3O5. The number of hydrogen-bond donors (Lipinski definition) is 2. The van der Waals surface area contributed by atoms with Crippen molar-refractivity contribution in [1.29, 1.82) is 0 Å². The van der Waals surface area contributed by atoms with Crippen molar-refractivity contribution in [2.75, 3.05) is 19.0 Å². The minimum atomic E-state index is -5.16. The number of nitrogens with one attached hydrogen (secondary N) is 2. The monoisotopic (exact) mass is 505 g/mol. The molecule has 0 unspecified atom stereocenters. The quantitative estimate of drug-likeness (QED) is 0.481. The van der Waals surface area contributed by atoms with Crippen molar-refractivity contribution in [3.05, 3.63) is 72.3 Å². The number of carbonyl (C=O) groups is 3. The summed E-state index contributed by atoms with van der Waals surface area (Å²) >= 11 is 0. The third-order valence-electron chi connectivity index (χ3n) is 5.46. The Hall–Kier alpha value is -3.86. The highest BCUT2D eigenvalue weighted by Gasteiger charge is 2.46. The maximum Gasteiger partial charge on any atom is 0.492 e. The number of rotatable bonds is 10. The highest BCUT2D eigenvalue weighted by Crippen LogP contribution is 2.23. The number of nitrogens with zero attached hydrogens (tertiary/aromatic N) is 1. The standard InChI is InChI=1S/C25H26F3N3O5/c1-35-20-12-9-18(10-13-20)29-22(32)14-11-19(8-7-17-5-3-2-4-6-17)30-23(33)21-15-16-31(21)36-24(34)25(26,27)28/h2-6,9-14,19,21H,7-8,15-16H2,1H3,(H,29,32)(H,30,33)/b14-11+/t19-,21-/m0/s1. The lowest BCUT2D eigenvalue weighted by molar-refractivity contribution is -0.261. The van der Waals surface area contributed by atoms with Crippen LogP contribution in [-0.4, -0.2) is 54.8 Å². The topological polar surface area (TPSA) is 97.0 Å². The van der Waals surface area contributed by atoms with Crippen LogP contribution in [-0.2, 0) is 25.6 Å². The van der Waals surface area contributed by atoms with E-state index in [0.29, 0.717) is 29.3 Å². The van der Waals surface area contributed by atoms with E-state index < -0.39 is 36.0 Å². The first-order valence-electron chi connectivity index (χ1n) is 11.2. The Morgan fingerprint density at radius 3 is 2.39 bits per heavy atom. The van der Waals surface area contributed by atoms with Gasteiger partial charge in [0.25, 0.3) is 0 Å². The number of anilines is 1. The Balaban J connectivity index is 1.62. The average molecular weight is 505 g/mol. The Labute approximate surface area is 206 Å². The van der Waals surface area contributed by atoms with Gasteiger partial charge in [-0.05, 0) is 49.1 Å². The van der Waals surface area contributed by atoms with E-state index in [1.807, 2.05) is 30.3 Å². The van der Waals surface area contributed by atoms with Crippen molar-refractivity contribution >= 4 is 23.5 Å². The zero-order valence-electron chi connectivity index (χ0n) is 19.5. The number of methoxy groups -OCH3 is 1. The predicted molar refractivity (Wildman–Crippen MR) is 125 cm³/mol. The largest absolute Gasteiger partial charge is 0.497 e. The number of halogens is 3. The number of aryl methyl sites for hydroxylation is 1. The molecule has 0 saturated carbocycles. The molecule has 0 radical (unpaired) electrons. The Morgan fingerprint density at radius 2 is 1.81 bits per heavy atom. The summed E-state index contributed by atoms with van der Waals surface area (Å²) in [7, 11) is 1.53. The van der Waals surface area contributed by atoms with Crippen molar-refractivity contribution in [1.82, 2.24) is 10.4 Å². The predicted octanol–water partition coefficient (Wildman–Crippen LogP) is 3.40. The molecule has 2 amide bonds. The second-order valence-corrected chi connectivity index (χ2v) is 8.04. The van der Waals surface area contributed by atoms with Crippen LogP contribution in [0.2, 0.25) is 0 Å². The van der Waals surface area contributed by atoms with Gasteiger partial charge in [-0.2, -0.15) is 13.2 Å². The van der Waals surface area contributed by atoms with Gasteiger partial charge in [0.2, 0.25) is 11.8 Å². The first kappa shape index (κ1) is 26.7. The molecule has 1 aliphatic rings. The number of ether oxygens (including phenoxy) is 1. The van der Waals surface area contributed by atoms with Gasteiger partial charge in [-0.1, -0.05) is 36.4 Å². The molecule has 2 N–H and O–H groups in total. The Morgan fingerprint density at radius 1 is 1.11 bits per heavy atom. The zero-order chi connectivity index (χ0) is 26.1. The highest BCUT2D eigenvalue weighted by molar-refractivity contribution is 5.99. The van der Waals surface area contributed by atoms with E-state index in [1.165, 1.54) is 19.3 Å². The van der Waals surface area contributed by atoms with Gasteiger partial charge in [-0.15, -0.1) is 5.06 Å². The summed E-state index contributed by atoms with van der Waals surface area (Å²) in [6, 6.07) is 14.6. The average Bonchev–Trinajstić information content (AvgIpc) is 2.83. The van der Waals surface area contributed by atoms with E-state index in [4.69, 9.17) is 4.74 Å². The molecule has 0 aliphatic carbocycles. The normalized spacial score (nSPS) is 16.6. The number of carbonyl (C=O) groups excluding carboxylic acids is 3. The molecule has 8 nitrogen and oxygen atoms in total. The molecule has 3 rings (SSSR count). The summed E-state index contributed by atoms with van der Waals surface area (Å²) in [6.45, 7) is 0.00863. The van der Waals surface area contributed by atoms with Crippen LogP contribution in [0.5, 0.6) is 5.75 Å². The van der Waals surface area contributed by atoms with E-state index in [0.717, 1.165) is 5.56 Å². The summed E-state index contributed by atoms with van der Waals surface area (Å²) in [4.78, 5) is 40.5. The molecule has 0 aromatic heterocycles. The van der Waals surface area contributed by atoms with E-state index >= 15 is 0 Å². The van der Waals surface area contributed by atoms with Gasteiger partial charge in [0, 0.05) is 24.4 Å². The smallest absolute Gasteiger partial charge is 0.492 e. The van der Waals surface area contributed by atoms with Gasteiger partial charge in [0.05, 0.1) is 7.11 Å². The molecule has 2 aromatic rings. The van der Waals surface area contributed by atoms with Crippen LogP contribution in [0.25, 0.3) is 0 Å². The Bertz CT molecular complexity index is 1070. The minimum absolute atomic E-state index is 0.00863. The summed E-state index contributed by atoms with van der Waals surface area (Å²) in [5, 5.41) is 6.13. The highest BCUT2D eigenvalue weighted by atomic mass is 19.4. The fourth-order valence-corrected chi connectivity index (χ4v) is 3.42. The lowest BCUT2D eigenvalue weighted by Gasteiger charge is -2.37. The summed E-state index contributed by atoms with van der Waals surface area (Å²) in [6.07, 6.45) is -1.13. The second kappa shape index (κ2) is 12.2. The third-order valence-corrected chi connectivity index (χ3v) is 5.46. The van der Waals surface area contributed by atoms with E-state index in [1.54, 1.807) is 24.3 Å². The molecule has 0 spiro atoms. The second-order valence-electron chi connectivity index (χ2n) is 8.04. The minimum Gasteiger partial charge on any atom is -0.497 e. The molecule has 1 saturated heterocycles. The molecule has 2 atom stereocenters. The lowest BCUT2D eigenvalue weighted by atomic mass is 10.0. The molecule has 192 valence electrons.